The van der Waals surface area contributed by atoms with E-state index in [-0.39, 0.29) is 0 Å². The van der Waals surface area contributed by atoms with E-state index in [0.29, 0.717) is 17.4 Å². The summed E-state index contributed by atoms with van der Waals surface area (Å²) in [5.41, 5.74) is 5.91. The van der Waals surface area contributed by atoms with Crippen LogP contribution in [-0.2, 0) is 0 Å². The molecule has 5 aliphatic heterocycles. The summed E-state index contributed by atoms with van der Waals surface area (Å²) in [7, 11) is 0. The number of hydrogen-bond donors (Lipinski definition) is 0. The number of hydrogen-bond acceptors (Lipinski definition) is 2. The molecule has 0 amide bonds. The first-order valence-corrected chi connectivity index (χ1v) is 12.3. The van der Waals surface area contributed by atoms with Crippen molar-refractivity contribution in [2.45, 2.75) is 115 Å². The molecule has 1 aromatic rings. The molecule has 6 heterocycles. The van der Waals surface area contributed by atoms with Crippen LogP contribution in [0.2, 0.25) is 0 Å². The predicted octanol–water partition coefficient (Wildman–Crippen LogP) is 6.15. The Hall–Kier alpha value is -1.35. The first-order chi connectivity index (χ1) is 14.1. The van der Waals surface area contributed by atoms with Crippen LogP contribution in [0, 0.1) is 5.92 Å². The van der Waals surface area contributed by atoms with Crippen molar-refractivity contribution in [3.05, 3.63) is 29.1 Å². The van der Waals surface area contributed by atoms with Gasteiger partial charge in [0, 0.05) is 35.8 Å². The molecule has 3 heteroatoms. The van der Waals surface area contributed by atoms with Gasteiger partial charge in [-0.1, -0.05) is 25.3 Å². The lowest BCUT2D eigenvalue weighted by molar-refractivity contribution is -0.102. The molecule has 5 aliphatic rings. The van der Waals surface area contributed by atoms with Gasteiger partial charge in [0.15, 0.2) is 5.78 Å². The third-order valence-electron chi connectivity index (χ3n) is 9.25. The zero-order valence-electron chi connectivity index (χ0n) is 18.3. The highest BCUT2D eigenvalue weighted by Crippen LogP contribution is 2.52. The third kappa shape index (κ3) is 2.69. The van der Waals surface area contributed by atoms with Gasteiger partial charge in [-0.2, -0.15) is 0 Å². The summed E-state index contributed by atoms with van der Waals surface area (Å²) in [4.78, 5) is 15.4. The normalized spacial score (nSPS) is 39.3. The fourth-order valence-electron chi connectivity index (χ4n) is 8.17. The molecule has 0 aromatic carbocycles. The minimum Gasteiger partial charge on any atom is -0.335 e. The number of rotatable bonds is 2. The van der Waals surface area contributed by atoms with Gasteiger partial charge in [0.05, 0.1) is 5.69 Å². The van der Waals surface area contributed by atoms with Gasteiger partial charge >= 0.3 is 0 Å². The van der Waals surface area contributed by atoms with E-state index in [9.17, 15) is 4.79 Å². The molecule has 0 bridgehead atoms. The van der Waals surface area contributed by atoms with Crippen molar-refractivity contribution in [2.24, 2.45) is 5.92 Å². The summed E-state index contributed by atoms with van der Waals surface area (Å²) >= 11 is 0. The number of Topliss-reactive ketones (excluding diaryl/α,β-unsaturated/α-hetero) is 1. The van der Waals surface area contributed by atoms with E-state index in [1.54, 1.807) is 5.57 Å². The highest BCUT2D eigenvalue weighted by molar-refractivity contribution is 5.96. The standard InChI is InChI=1S/C26H36N2O/c1-17-13-21-5-3-11-26(12-4-6-22(14-17)28(21)26)16-19-15-20-7-10-25(29)24-9-8-23(18(19)2)27(20)24/h8-9,17,20-22H,3-7,10-16H2,1-2H3/t17?,20?,21-,22-,26?/m0/s1. The van der Waals surface area contributed by atoms with E-state index < -0.39 is 0 Å². The highest BCUT2D eigenvalue weighted by atomic mass is 16.1. The fraction of sp³-hybridized carbons (Fsp3) is 0.731. The van der Waals surface area contributed by atoms with Crippen molar-refractivity contribution in [3.63, 3.8) is 0 Å². The van der Waals surface area contributed by atoms with Crippen LogP contribution in [0.1, 0.15) is 113 Å². The molecular weight excluding hydrogens is 356 g/mol. The molecule has 1 aromatic heterocycles. The largest absolute Gasteiger partial charge is 0.335 e. The van der Waals surface area contributed by atoms with E-state index in [2.05, 4.69) is 35.4 Å². The van der Waals surface area contributed by atoms with Crippen LogP contribution in [0.15, 0.2) is 17.7 Å². The van der Waals surface area contributed by atoms with Crippen molar-refractivity contribution in [3.8, 4) is 0 Å². The average Bonchev–Trinajstić information content (AvgIpc) is 3.15. The first kappa shape index (κ1) is 18.4. The van der Waals surface area contributed by atoms with E-state index in [0.717, 1.165) is 36.5 Å². The Labute approximate surface area is 175 Å². The van der Waals surface area contributed by atoms with E-state index >= 15 is 0 Å². The molecule has 0 N–H and O–H groups in total. The lowest BCUT2D eigenvalue weighted by atomic mass is 9.66. The topological polar surface area (TPSA) is 25.2 Å². The molecule has 156 valence electrons. The van der Waals surface area contributed by atoms with Gasteiger partial charge in [-0.05, 0) is 88.3 Å². The smallest absolute Gasteiger partial charge is 0.179 e. The summed E-state index contributed by atoms with van der Waals surface area (Å²) in [6, 6.07) is 6.51. The van der Waals surface area contributed by atoms with Crippen molar-refractivity contribution in [2.75, 3.05) is 0 Å². The molecule has 1 unspecified atom stereocenters. The lowest BCUT2D eigenvalue weighted by Gasteiger charge is -2.61. The predicted molar refractivity (Wildman–Crippen MR) is 117 cm³/mol. The molecule has 3 saturated heterocycles. The zero-order valence-corrected chi connectivity index (χ0v) is 18.3. The van der Waals surface area contributed by atoms with Crippen LogP contribution in [-0.4, -0.2) is 32.9 Å². The van der Waals surface area contributed by atoms with Crippen molar-refractivity contribution in [1.82, 2.24) is 9.47 Å². The molecule has 3 nitrogen and oxygen atoms in total. The number of aromatic nitrogens is 1. The monoisotopic (exact) mass is 392 g/mol. The van der Waals surface area contributed by atoms with Gasteiger partial charge < -0.3 is 4.57 Å². The Morgan fingerprint density at radius 2 is 1.69 bits per heavy atom. The SMILES string of the molecule is CC1=C(CC23CCC[C@H]4CC(C)C[C@H](CCC2)N43)CC2CCC(=O)c3ccc1n32. The summed E-state index contributed by atoms with van der Waals surface area (Å²) in [5.74, 6) is 1.25. The third-order valence-corrected chi connectivity index (χ3v) is 9.25. The fourth-order valence-corrected chi connectivity index (χ4v) is 8.17. The van der Waals surface area contributed by atoms with E-state index in [1.165, 1.54) is 75.5 Å². The number of allylic oxidation sites excluding steroid dienone is 1. The van der Waals surface area contributed by atoms with Crippen LogP contribution < -0.4 is 0 Å². The Kier molecular flexibility index (Phi) is 4.18. The molecule has 3 fully saturated rings. The first-order valence-electron chi connectivity index (χ1n) is 12.3. The molecule has 0 saturated carbocycles. The Morgan fingerprint density at radius 1 is 1.00 bits per heavy atom. The minimum absolute atomic E-state index is 0.343. The van der Waals surface area contributed by atoms with Crippen molar-refractivity contribution < 1.29 is 4.79 Å². The zero-order chi connectivity index (χ0) is 19.8. The van der Waals surface area contributed by atoms with Gasteiger partial charge in [-0.15, -0.1) is 0 Å². The Balaban J connectivity index is 1.37. The van der Waals surface area contributed by atoms with Gasteiger partial charge in [0.2, 0.25) is 0 Å². The van der Waals surface area contributed by atoms with Gasteiger partial charge in [-0.25, -0.2) is 0 Å². The summed E-state index contributed by atoms with van der Waals surface area (Å²) in [5, 5.41) is 0. The Morgan fingerprint density at radius 3 is 2.41 bits per heavy atom. The number of piperidine rings is 3. The highest BCUT2D eigenvalue weighted by Gasteiger charge is 2.51. The lowest BCUT2D eigenvalue weighted by Crippen LogP contribution is -2.65. The number of carbonyl (C=O) groups is 1. The molecule has 0 spiro atoms. The maximum atomic E-state index is 12.4. The maximum absolute atomic E-state index is 12.4. The second-order valence-corrected chi connectivity index (χ2v) is 11.0. The summed E-state index contributed by atoms with van der Waals surface area (Å²) in [6.45, 7) is 4.83. The van der Waals surface area contributed by atoms with Crippen molar-refractivity contribution >= 4 is 11.4 Å². The minimum atomic E-state index is 0.343. The van der Waals surface area contributed by atoms with Gasteiger partial charge in [0.25, 0.3) is 0 Å². The molecule has 3 atom stereocenters. The van der Waals surface area contributed by atoms with Crippen LogP contribution in [0.25, 0.3) is 5.57 Å². The number of ketones is 1. The quantitative estimate of drug-likeness (QED) is 0.603. The molecule has 6 rings (SSSR count). The number of carbonyl (C=O) groups excluding carboxylic acids is 1. The molecular formula is C26H36N2O. The van der Waals surface area contributed by atoms with Gasteiger partial charge in [-0.3, -0.25) is 9.69 Å². The van der Waals surface area contributed by atoms with Crippen LogP contribution in [0.5, 0.6) is 0 Å². The summed E-state index contributed by atoms with van der Waals surface area (Å²) < 4.78 is 2.39. The second kappa shape index (κ2) is 6.57. The summed E-state index contributed by atoms with van der Waals surface area (Å²) in [6.07, 6.45) is 15.6. The molecule has 0 radical (unpaired) electrons. The molecule has 29 heavy (non-hydrogen) atoms. The molecule has 0 aliphatic carbocycles. The second-order valence-electron chi connectivity index (χ2n) is 11.0. The van der Waals surface area contributed by atoms with Crippen molar-refractivity contribution in [1.29, 1.82) is 0 Å². The Bertz CT molecular complexity index is 857. The van der Waals surface area contributed by atoms with Crippen LogP contribution in [0.3, 0.4) is 0 Å². The van der Waals surface area contributed by atoms with E-state index in [4.69, 9.17) is 0 Å². The maximum Gasteiger partial charge on any atom is 0.179 e. The van der Waals surface area contributed by atoms with Crippen LogP contribution >= 0.6 is 0 Å². The van der Waals surface area contributed by atoms with Crippen LogP contribution in [0.4, 0.5) is 0 Å². The van der Waals surface area contributed by atoms with E-state index in [1.807, 2.05) is 0 Å². The number of nitrogens with zero attached hydrogens (tertiary/aromatic N) is 2. The van der Waals surface area contributed by atoms with Gasteiger partial charge in [0.1, 0.15) is 0 Å². The average molecular weight is 393 g/mol.